The summed E-state index contributed by atoms with van der Waals surface area (Å²) in [7, 11) is 0. The van der Waals surface area contributed by atoms with Crippen LogP contribution in [-0.4, -0.2) is 29.1 Å². The smallest absolute Gasteiger partial charge is 0.243 e. The molecule has 0 aromatic rings. The Morgan fingerprint density at radius 3 is 2.38 bits per heavy atom. The number of hydrogen-bond donors (Lipinski definition) is 1. The maximum absolute atomic E-state index is 12.3. The molecule has 2 rings (SSSR count). The molecule has 3 unspecified atom stereocenters. The van der Waals surface area contributed by atoms with E-state index in [1.54, 1.807) is 0 Å². The molecule has 3 nitrogen and oxygen atoms in total. The normalized spacial score (nSPS) is 41.6. The zero-order valence-corrected chi connectivity index (χ0v) is 11.1. The van der Waals surface area contributed by atoms with Crippen molar-refractivity contribution in [3.05, 3.63) is 0 Å². The van der Waals surface area contributed by atoms with Gasteiger partial charge in [0.15, 0.2) is 0 Å². The quantitative estimate of drug-likeness (QED) is 0.795. The molecule has 0 radical (unpaired) electrons. The van der Waals surface area contributed by atoms with E-state index < -0.39 is 0 Å². The Morgan fingerprint density at radius 1 is 1.44 bits per heavy atom. The van der Waals surface area contributed by atoms with E-state index in [2.05, 4.69) is 33.0 Å². The first-order valence-electron chi connectivity index (χ1n) is 6.39. The summed E-state index contributed by atoms with van der Waals surface area (Å²) in [5, 5.41) is 3.42. The molecule has 0 bridgehead atoms. The summed E-state index contributed by atoms with van der Waals surface area (Å²) >= 11 is 0. The second kappa shape index (κ2) is 3.46. The van der Waals surface area contributed by atoms with Gasteiger partial charge in [0, 0.05) is 6.54 Å². The lowest BCUT2D eigenvalue weighted by Crippen LogP contribution is -2.43. The van der Waals surface area contributed by atoms with Crippen LogP contribution in [0.1, 0.15) is 47.5 Å². The van der Waals surface area contributed by atoms with Crippen LogP contribution in [-0.2, 0) is 4.79 Å². The molecule has 2 fully saturated rings. The van der Waals surface area contributed by atoms with Gasteiger partial charge in [-0.15, -0.1) is 0 Å². The van der Waals surface area contributed by atoms with Gasteiger partial charge in [0.2, 0.25) is 5.91 Å². The molecular weight excluding hydrogens is 200 g/mol. The van der Waals surface area contributed by atoms with E-state index in [4.69, 9.17) is 0 Å². The van der Waals surface area contributed by atoms with Crippen LogP contribution in [0.2, 0.25) is 0 Å². The van der Waals surface area contributed by atoms with Crippen molar-refractivity contribution in [3.63, 3.8) is 0 Å². The molecule has 0 aromatic carbocycles. The highest BCUT2D eigenvalue weighted by Gasteiger charge is 2.51. The van der Waals surface area contributed by atoms with E-state index >= 15 is 0 Å². The Hall–Kier alpha value is -0.570. The third-order valence-electron chi connectivity index (χ3n) is 4.57. The van der Waals surface area contributed by atoms with Crippen LogP contribution in [0, 0.1) is 11.3 Å². The molecule has 1 saturated heterocycles. The minimum absolute atomic E-state index is 0.189. The Morgan fingerprint density at radius 2 is 2.00 bits per heavy atom. The Balaban J connectivity index is 2.03. The monoisotopic (exact) mass is 224 g/mol. The first-order chi connectivity index (χ1) is 7.30. The lowest BCUT2D eigenvalue weighted by molar-refractivity contribution is -0.133. The van der Waals surface area contributed by atoms with Gasteiger partial charge in [-0.3, -0.25) is 10.1 Å². The minimum atomic E-state index is -0.335. The average Bonchev–Trinajstić information content (AvgIpc) is 2.74. The molecule has 1 aliphatic heterocycles. The lowest BCUT2D eigenvalue weighted by atomic mass is 9.99. The standard InChI is InChI=1S/C13H24N2O/c1-6-13(5)11(16)15(9(2)14-13)8-10-7-12(10,3)4/h9-10,14H,6-8H2,1-5H3. The van der Waals surface area contributed by atoms with Gasteiger partial charge in [-0.05, 0) is 38.0 Å². The van der Waals surface area contributed by atoms with Gasteiger partial charge in [-0.25, -0.2) is 0 Å². The number of amides is 1. The molecule has 3 atom stereocenters. The maximum Gasteiger partial charge on any atom is 0.243 e. The Bertz CT molecular complexity index is 313. The first-order valence-corrected chi connectivity index (χ1v) is 6.39. The molecule has 1 N–H and O–H groups in total. The summed E-state index contributed by atoms with van der Waals surface area (Å²) in [4.78, 5) is 14.3. The summed E-state index contributed by atoms with van der Waals surface area (Å²) < 4.78 is 0. The van der Waals surface area contributed by atoms with Crippen molar-refractivity contribution < 1.29 is 4.79 Å². The van der Waals surface area contributed by atoms with Crippen LogP contribution in [0.15, 0.2) is 0 Å². The molecule has 16 heavy (non-hydrogen) atoms. The summed E-state index contributed by atoms with van der Waals surface area (Å²) in [6, 6.07) is 0. The van der Waals surface area contributed by atoms with E-state index in [0.29, 0.717) is 11.3 Å². The third kappa shape index (κ3) is 1.75. The fourth-order valence-electron chi connectivity index (χ4n) is 2.71. The fraction of sp³-hybridized carbons (Fsp3) is 0.923. The minimum Gasteiger partial charge on any atom is -0.326 e. The lowest BCUT2D eigenvalue weighted by Gasteiger charge is -2.22. The van der Waals surface area contributed by atoms with E-state index in [1.165, 1.54) is 6.42 Å². The van der Waals surface area contributed by atoms with Gasteiger partial charge in [-0.1, -0.05) is 20.8 Å². The van der Waals surface area contributed by atoms with Crippen LogP contribution in [0.5, 0.6) is 0 Å². The first kappa shape index (κ1) is 11.9. The summed E-state index contributed by atoms with van der Waals surface area (Å²) in [5.74, 6) is 0.977. The summed E-state index contributed by atoms with van der Waals surface area (Å²) in [5.41, 5.74) is 0.115. The maximum atomic E-state index is 12.3. The van der Waals surface area contributed by atoms with Crippen LogP contribution >= 0.6 is 0 Å². The van der Waals surface area contributed by atoms with Crippen molar-refractivity contribution in [1.29, 1.82) is 0 Å². The molecule has 1 heterocycles. The molecule has 2 aliphatic rings. The Labute approximate surface area is 98.6 Å². The molecule has 1 aliphatic carbocycles. The molecular formula is C13H24N2O. The number of carbonyl (C=O) groups is 1. The van der Waals surface area contributed by atoms with E-state index in [9.17, 15) is 4.79 Å². The molecule has 0 aromatic heterocycles. The highest BCUT2D eigenvalue weighted by molar-refractivity contribution is 5.88. The van der Waals surface area contributed by atoms with Gasteiger partial charge in [0.05, 0.1) is 11.7 Å². The van der Waals surface area contributed by atoms with Crippen molar-refractivity contribution in [3.8, 4) is 0 Å². The predicted octanol–water partition coefficient (Wildman–Crippen LogP) is 1.98. The third-order valence-corrected chi connectivity index (χ3v) is 4.57. The number of hydrogen-bond acceptors (Lipinski definition) is 2. The van der Waals surface area contributed by atoms with Crippen molar-refractivity contribution in [2.24, 2.45) is 11.3 Å². The number of nitrogens with zero attached hydrogens (tertiary/aromatic N) is 1. The highest BCUT2D eigenvalue weighted by atomic mass is 16.2. The number of carbonyl (C=O) groups excluding carboxylic acids is 1. The molecule has 0 spiro atoms. The number of rotatable bonds is 3. The van der Waals surface area contributed by atoms with Gasteiger partial charge < -0.3 is 4.90 Å². The van der Waals surface area contributed by atoms with Gasteiger partial charge >= 0.3 is 0 Å². The highest BCUT2D eigenvalue weighted by Crippen LogP contribution is 2.52. The van der Waals surface area contributed by atoms with Crippen molar-refractivity contribution in [2.45, 2.75) is 59.2 Å². The molecule has 1 amide bonds. The molecule has 92 valence electrons. The van der Waals surface area contributed by atoms with E-state index in [-0.39, 0.29) is 17.6 Å². The average molecular weight is 224 g/mol. The van der Waals surface area contributed by atoms with Gasteiger partial charge in [0.1, 0.15) is 0 Å². The summed E-state index contributed by atoms with van der Waals surface area (Å²) in [6.07, 6.45) is 2.31. The van der Waals surface area contributed by atoms with Crippen LogP contribution in [0.25, 0.3) is 0 Å². The van der Waals surface area contributed by atoms with Crippen molar-refractivity contribution in [2.75, 3.05) is 6.54 Å². The topological polar surface area (TPSA) is 32.3 Å². The molecule has 1 saturated carbocycles. The number of nitrogens with one attached hydrogen (secondary N) is 1. The zero-order chi connectivity index (χ0) is 12.1. The van der Waals surface area contributed by atoms with Crippen LogP contribution in [0.4, 0.5) is 0 Å². The SMILES string of the molecule is CCC1(C)NC(C)N(CC2CC2(C)C)C1=O. The zero-order valence-electron chi connectivity index (χ0n) is 11.1. The van der Waals surface area contributed by atoms with Crippen LogP contribution in [0.3, 0.4) is 0 Å². The predicted molar refractivity (Wildman–Crippen MR) is 64.9 cm³/mol. The Kier molecular flexibility index (Phi) is 2.57. The van der Waals surface area contributed by atoms with Crippen molar-refractivity contribution in [1.82, 2.24) is 10.2 Å². The molecule has 3 heteroatoms. The summed E-state index contributed by atoms with van der Waals surface area (Å²) in [6.45, 7) is 11.7. The second-order valence-electron chi connectivity index (χ2n) is 6.35. The van der Waals surface area contributed by atoms with Gasteiger partial charge in [0.25, 0.3) is 0 Å². The van der Waals surface area contributed by atoms with Crippen molar-refractivity contribution >= 4 is 5.91 Å². The fourth-order valence-corrected chi connectivity index (χ4v) is 2.71. The van der Waals surface area contributed by atoms with E-state index in [1.807, 2.05) is 11.8 Å². The second-order valence-corrected chi connectivity index (χ2v) is 6.35. The van der Waals surface area contributed by atoms with E-state index in [0.717, 1.165) is 13.0 Å². The van der Waals surface area contributed by atoms with Crippen LogP contribution < -0.4 is 5.32 Å². The van der Waals surface area contributed by atoms with Gasteiger partial charge in [-0.2, -0.15) is 0 Å². The largest absolute Gasteiger partial charge is 0.326 e.